The minimum atomic E-state index is -0.178. The van der Waals surface area contributed by atoms with Gasteiger partial charge in [0, 0.05) is 28.9 Å². The molecule has 0 unspecified atom stereocenters. The predicted octanol–water partition coefficient (Wildman–Crippen LogP) is 4.81. The van der Waals surface area contributed by atoms with Gasteiger partial charge in [0.15, 0.2) is 11.5 Å². The van der Waals surface area contributed by atoms with E-state index in [1.54, 1.807) is 10.6 Å². The van der Waals surface area contributed by atoms with E-state index in [9.17, 15) is 9.59 Å². The molecule has 1 aromatic heterocycles. The van der Waals surface area contributed by atoms with Gasteiger partial charge in [0.2, 0.25) is 5.91 Å². The molecule has 184 valence electrons. The third kappa shape index (κ3) is 5.70. The molecule has 0 spiro atoms. The van der Waals surface area contributed by atoms with Gasteiger partial charge in [0.25, 0.3) is 5.56 Å². The molecular weight excluding hydrogens is 464 g/mol. The molecule has 7 heteroatoms. The molecule has 1 aliphatic rings. The van der Waals surface area contributed by atoms with Gasteiger partial charge in [-0.3, -0.25) is 9.59 Å². The van der Waals surface area contributed by atoms with E-state index in [4.69, 9.17) is 21.1 Å². The van der Waals surface area contributed by atoms with Crippen LogP contribution in [0.2, 0.25) is 5.02 Å². The number of carbonyl (C=O) groups excluding carboxylic acids is 1. The Morgan fingerprint density at radius 2 is 1.77 bits per heavy atom. The highest BCUT2D eigenvalue weighted by Crippen LogP contribution is 2.35. The highest BCUT2D eigenvalue weighted by molar-refractivity contribution is 6.33. The van der Waals surface area contributed by atoms with Crippen molar-refractivity contribution in [3.8, 4) is 22.6 Å². The number of nitrogens with zero attached hydrogens (tertiary/aromatic N) is 1. The first-order valence-electron chi connectivity index (χ1n) is 12.2. The van der Waals surface area contributed by atoms with E-state index in [1.807, 2.05) is 56.3 Å². The number of amides is 1. The van der Waals surface area contributed by atoms with Crippen LogP contribution in [0.4, 0.5) is 0 Å². The maximum Gasteiger partial charge on any atom is 0.251 e. The lowest BCUT2D eigenvalue weighted by Crippen LogP contribution is -2.34. The zero-order valence-corrected chi connectivity index (χ0v) is 21.0. The summed E-state index contributed by atoms with van der Waals surface area (Å²) in [7, 11) is 0. The first-order valence-corrected chi connectivity index (χ1v) is 12.5. The molecule has 0 aliphatic heterocycles. The molecule has 0 radical (unpaired) electrons. The molecule has 6 nitrogen and oxygen atoms in total. The minimum Gasteiger partial charge on any atom is -0.490 e. The Morgan fingerprint density at radius 1 is 1.00 bits per heavy atom. The molecule has 2 aromatic carbocycles. The third-order valence-corrected chi connectivity index (χ3v) is 6.51. The van der Waals surface area contributed by atoms with Crippen LogP contribution in [-0.2, 0) is 30.6 Å². The van der Waals surface area contributed by atoms with E-state index < -0.39 is 0 Å². The molecule has 0 saturated carbocycles. The van der Waals surface area contributed by atoms with Crippen molar-refractivity contribution in [2.45, 2.75) is 46.1 Å². The van der Waals surface area contributed by atoms with Crippen LogP contribution in [0.25, 0.3) is 11.1 Å². The number of pyridine rings is 1. The zero-order valence-electron chi connectivity index (χ0n) is 20.2. The van der Waals surface area contributed by atoms with Crippen molar-refractivity contribution in [1.29, 1.82) is 0 Å². The van der Waals surface area contributed by atoms with Crippen LogP contribution >= 0.6 is 11.6 Å². The van der Waals surface area contributed by atoms with E-state index in [-0.39, 0.29) is 18.0 Å². The number of rotatable bonds is 10. The molecule has 1 N–H and O–H groups in total. The standard InChI is InChI=1S/C28H31ClN2O4/c1-3-34-25-13-12-19(16-26(25)35-4-2)14-15-30-27(32)18-31-24-11-7-9-21(24)22(17-28(31)33)20-8-5-6-10-23(20)29/h5-6,8,10,12-13,16-17H,3-4,7,9,11,14-15,18H2,1-2H3,(H,30,32). The molecule has 1 amide bonds. The Hall–Kier alpha value is -3.25. The highest BCUT2D eigenvalue weighted by atomic mass is 35.5. The fourth-order valence-corrected chi connectivity index (χ4v) is 4.86. The first-order chi connectivity index (χ1) is 17.0. The zero-order chi connectivity index (χ0) is 24.8. The van der Waals surface area contributed by atoms with Gasteiger partial charge < -0.3 is 19.4 Å². The Bertz CT molecular complexity index is 1270. The summed E-state index contributed by atoms with van der Waals surface area (Å²) >= 11 is 6.41. The Balaban J connectivity index is 1.44. The predicted molar refractivity (Wildman–Crippen MR) is 139 cm³/mol. The lowest BCUT2D eigenvalue weighted by atomic mass is 9.99. The summed E-state index contributed by atoms with van der Waals surface area (Å²) in [5.41, 5.74) is 4.66. The second kappa shape index (κ2) is 11.5. The van der Waals surface area contributed by atoms with Crippen molar-refractivity contribution in [2.75, 3.05) is 19.8 Å². The lowest BCUT2D eigenvalue weighted by molar-refractivity contribution is -0.121. The highest BCUT2D eigenvalue weighted by Gasteiger charge is 2.23. The summed E-state index contributed by atoms with van der Waals surface area (Å²) in [6, 6.07) is 15.0. The van der Waals surface area contributed by atoms with E-state index in [0.29, 0.717) is 37.0 Å². The van der Waals surface area contributed by atoms with Crippen LogP contribution < -0.4 is 20.3 Å². The van der Waals surface area contributed by atoms with Crippen LogP contribution in [0.5, 0.6) is 11.5 Å². The van der Waals surface area contributed by atoms with Crippen LogP contribution in [0, 0.1) is 0 Å². The van der Waals surface area contributed by atoms with Gasteiger partial charge in [0.05, 0.1) is 13.2 Å². The van der Waals surface area contributed by atoms with Crippen molar-refractivity contribution in [3.63, 3.8) is 0 Å². The number of nitrogens with one attached hydrogen (secondary N) is 1. The van der Waals surface area contributed by atoms with E-state index in [0.717, 1.165) is 53.0 Å². The second-order valence-corrected chi connectivity index (χ2v) is 8.90. The maximum atomic E-state index is 13.0. The third-order valence-electron chi connectivity index (χ3n) is 6.18. The van der Waals surface area contributed by atoms with Crippen molar-refractivity contribution < 1.29 is 14.3 Å². The normalized spacial score (nSPS) is 12.3. The summed E-state index contributed by atoms with van der Waals surface area (Å²) in [5.74, 6) is 1.25. The first kappa shape index (κ1) is 24.9. The lowest BCUT2D eigenvalue weighted by Gasteiger charge is -2.16. The SMILES string of the molecule is CCOc1ccc(CCNC(=O)Cn2c3c(c(-c4ccccc4Cl)cc2=O)CCC3)cc1OCC. The number of aromatic nitrogens is 1. The summed E-state index contributed by atoms with van der Waals surface area (Å²) < 4.78 is 12.9. The second-order valence-electron chi connectivity index (χ2n) is 8.49. The maximum absolute atomic E-state index is 13.0. The molecular formula is C28H31ClN2O4. The van der Waals surface area contributed by atoms with Crippen molar-refractivity contribution >= 4 is 17.5 Å². The van der Waals surface area contributed by atoms with E-state index in [1.165, 1.54) is 0 Å². The summed E-state index contributed by atoms with van der Waals surface area (Å²) in [5, 5.41) is 3.58. The molecule has 35 heavy (non-hydrogen) atoms. The summed E-state index contributed by atoms with van der Waals surface area (Å²) in [6.07, 6.45) is 3.26. The van der Waals surface area contributed by atoms with Gasteiger partial charge in [-0.2, -0.15) is 0 Å². The minimum absolute atomic E-state index is 0.0114. The molecule has 1 aliphatic carbocycles. The Labute approximate surface area is 210 Å². The van der Waals surface area contributed by atoms with Crippen molar-refractivity contribution in [1.82, 2.24) is 9.88 Å². The van der Waals surface area contributed by atoms with E-state index in [2.05, 4.69) is 5.32 Å². The van der Waals surface area contributed by atoms with Gasteiger partial charge in [-0.05, 0) is 74.4 Å². The van der Waals surface area contributed by atoms with Crippen LogP contribution in [0.3, 0.4) is 0 Å². The van der Waals surface area contributed by atoms with Crippen LogP contribution in [0.15, 0.2) is 53.3 Å². The topological polar surface area (TPSA) is 69.6 Å². The van der Waals surface area contributed by atoms with Gasteiger partial charge in [-0.15, -0.1) is 0 Å². The molecule has 0 fully saturated rings. The van der Waals surface area contributed by atoms with E-state index >= 15 is 0 Å². The quantitative estimate of drug-likeness (QED) is 0.439. The number of fused-ring (bicyclic) bond motifs is 1. The number of halogens is 1. The molecule has 3 aromatic rings. The molecule has 4 rings (SSSR count). The number of carbonyl (C=O) groups is 1. The molecule has 1 heterocycles. The van der Waals surface area contributed by atoms with Crippen molar-refractivity contribution in [2.24, 2.45) is 0 Å². The number of hydrogen-bond acceptors (Lipinski definition) is 4. The fraction of sp³-hybridized carbons (Fsp3) is 0.357. The average molecular weight is 495 g/mol. The largest absolute Gasteiger partial charge is 0.490 e. The van der Waals surface area contributed by atoms with Gasteiger partial charge >= 0.3 is 0 Å². The van der Waals surface area contributed by atoms with Crippen LogP contribution in [-0.4, -0.2) is 30.2 Å². The molecule has 0 bridgehead atoms. The number of benzene rings is 2. The van der Waals surface area contributed by atoms with Crippen LogP contribution in [0.1, 0.15) is 37.1 Å². The summed E-state index contributed by atoms with van der Waals surface area (Å²) in [4.78, 5) is 25.7. The van der Waals surface area contributed by atoms with Gasteiger partial charge in [0.1, 0.15) is 6.54 Å². The van der Waals surface area contributed by atoms with Gasteiger partial charge in [-0.25, -0.2) is 0 Å². The van der Waals surface area contributed by atoms with Gasteiger partial charge in [-0.1, -0.05) is 35.9 Å². The molecule has 0 saturated heterocycles. The Morgan fingerprint density at radius 3 is 2.54 bits per heavy atom. The fourth-order valence-electron chi connectivity index (χ4n) is 4.63. The number of ether oxygens (including phenoxy) is 2. The Kier molecular flexibility index (Phi) is 8.13. The van der Waals surface area contributed by atoms with Crippen molar-refractivity contribution in [3.05, 3.63) is 80.7 Å². The smallest absolute Gasteiger partial charge is 0.251 e. The average Bonchev–Trinajstić information content (AvgIpc) is 3.33. The molecule has 0 atom stereocenters. The summed E-state index contributed by atoms with van der Waals surface area (Å²) in [6.45, 7) is 5.46. The number of hydrogen-bond donors (Lipinski definition) is 1. The monoisotopic (exact) mass is 494 g/mol.